The Bertz CT molecular complexity index is 4900. The molecule has 9 heterocycles. The van der Waals surface area contributed by atoms with E-state index in [1.165, 1.54) is 96.1 Å². The third-order valence-corrected chi connectivity index (χ3v) is 30.1. The number of ether oxygens (including phenoxy) is 1. The van der Waals surface area contributed by atoms with E-state index in [2.05, 4.69) is 242 Å². The second-order valence-corrected chi connectivity index (χ2v) is 41.7. The van der Waals surface area contributed by atoms with Gasteiger partial charge in [0.2, 0.25) is 0 Å². The van der Waals surface area contributed by atoms with E-state index in [4.69, 9.17) is 25.1 Å². The van der Waals surface area contributed by atoms with E-state index in [-0.39, 0.29) is 88.1 Å². The molecule has 8 bridgehead atoms. The summed E-state index contributed by atoms with van der Waals surface area (Å²) in [6.07, 6.45) is 26.8. The largest absolute Gasteiger partial charge is 2.00 e. The van der Waals surface area contributed by atoms with Crippen molar-refractivity contribution >= 4 is 34.8 Å². The van der Waals surface area contributed by atoms with E-state index in [1.54, 1.807) is 42.4 Å². The molecule has 0 saturated heterocycles. The van der Waals surface area contributed by atoms with Crippen LogP contribution in [0.4, 0.5) is 0 Å². The molecule has 0 spiro atoms. The van der Waals surface area contributed by atoms with E-state index in [0.717, 1.165) is 103 Å². The molecule has 0 aromatic carbocycles. The summed E-state index contributed by atoms with van der Waals surface area (Å²) in [6, 6.07) is 23.9. The number of carboxylic acids is 1. The Kier molecular flexibility index (Phi) is 27.6. The summed E-state index contributed by atoms with van der Waals surface area (Å²) >= 11 is 0. The van der Waals surface area contributed by atoms with Gasteiger partial charge < -0.3 is 30.2 Å². The Balaban J connectivity index is 0.000000143. The summed E-state index contributed by atoms with van der Waals surface area (Å²) in [5.74, 6) is 3.89. The van der Waals surface area contributed by atoms with Gasteiger partial charge in [-0.15, -0.1) is 0 Å². The average molecular weight is 1810 g/mol. The fourth-order valence-electron chi connectivity index (χ4n) is 21.9. The average Bonchev–Trinajstić information content (AvgIpc) is 1.53. The van der Waals surface area contributed by atoms with Crippen LogP contribution < -0.4 is 10.2 Å². The molecule has 6 saturated carbocycles. The number of allylic oxidation sites excluding steroid dienone is 1. The van der Waals surface area contributed by atoms with E-state index in [1.807, 2.05) is 37.5 Å². The molecular weight excluding hydrogens is 1670 g/mol. The Morgan fingerprint density at radius 3 is 1.11 bits per heavy atom. The first-order valence-electron chi connectivity index (χ1n) is 44.4. The van der Waals surface area contributed by atoms with Crippen molar-refractivity contribution in [2.75, 3.05) is 13.7 Å². The van der Waals surface area contributed by atoms with Crippen molar-refractivity contribution in [3.63, 3.8) is 0 Å². The van der Waals surface area contributed by atoms with Crippen LogP contribution in [-0.4, -0.2) is 88.1 Å². The number of aromatic carboxylic acids is 1. The topological polar surface area (TPSA) is 241 Å². The van der Waals surface area contributed by atoms with Crippen molar-refractivity contribution in [3.05, 3.63) is 194 Å². The zero-order valence-corrected chi connectivity index (χ0v) is 78.8. The predicted molar refractivity (Wildman–Crippen MR) is 476 cm³/mol. The number of nitrogens with zero attached hydrogens (tertiary/aromatic N) is 11. The van der Waals surface area contributed by atoms with Crippen molar-refractivity contribution in [3.8, 4) is 22.8 Å². The number of pyridine rings is 6. The van der Waals surface area contributed by atoms with Crippen LogP contribution in [0.3, 0.4) is 0 Å². The molecule has 0 amide bonds. The van der Waals surface area contributed by atoms with Crippen LogP contribution in [0, 0.1) is 85.8 Å². The number of aromatic nitrogens is 10. The first kappa shape index (κ1) is 92.4. The number of hydrogen-bond acceptors (Lipinski definition) is 14. The second-order valence-electron chi connectivity index (χ2n) is 41.7. The third-order valence-electron chi connectivity index (χ3n) is 30.1. The van der Waals surface area contributed by atoms with Gasteiger partial charge in [0.15, 0.2) is 5.78 Å². The van der Waals surface area contributed by atoms with Gasteiger partial charge in [0.25, 0.3) is 0 Å². The molecule has 120 heavy (non-hydrogen) atoms. The van der Waals surface area contributed by atoms with Crippen molar-refractivity contribution in [1.29, 1.82) is 0 Å². The van der Waals surface area contributed by atoms with E-state index < -0.39 is 11.9 Å². The number of hydrogen-bond donors (Lipinski definition) is 1. The summed E-state index contributed by atoms with van der Waals surface area (Å²) in [5, 5.41) is 26.9. The monoisotopic (exact) mass is 1810 g/mol. The number of fused-ring (bicyclic) bond motifs is 17. The van der Waals surface area contributed by atoms with Gasteiger partial charge in [-0.2, -0.15) is 0 Å². The van der Waals surface area contributed by atoms with Crippen LogP contribution in [-0.2, 0) is 80.0 Å². The summed E-state index contributed by atoms with van der Waals surface area (Å²) in [4.78, 5) is 78.7. The van der Waals surface area contributed by atoms with Gasteiger partial charge in [-0.05, 0) is 257 Å². The van der Waals surface area contributed by atoms with Crippen LogP contribution in [0.25, 0.3) is 28.3 Å². The maximum atomic E-state index is 12.9. The molecule has 1 aliphatic heterocycles. The molecule has 17 rings (SSSR count). The fourth-order valence-corrected chi connectivity index (χ4v) is 21.9. The van der Waals surface area contributed by atoms with Crippen LogP contribution in [0.1, 0.15) is 322 Å². The molecule has 9 unspecified atom stereocenters. The Morgan fingerprint density at radius 2 is 0.767 bits per heavy atom. The Labute approximate surface area is 730 Å². The Hall–Kier alpha value is -8.30. The molecule has 9 aliphatic rings. The first-order valence-corrected chi connectivity index (χ1v) is 44.4. The maximum Gasteiger partial charge on any atom is 2.00 e. The normalized spacial score (nSPS) is 25.0. The molecule has 1 N–H and O–H groups in total. The number of carbonyl (C=O) groups is 4. The van der Waals surface area contributed by atoms with Crippen molar-refractivity contribution in [2.24, 2.45) is 90.7 Å². The standard InChI is InChI=1S/C21H28N2.2C20H26N3.C20H27NO2.C11H15NO2.C10H13NO2.Pt/c1-13(2)10-14-6-7-17(22-11-14)15-12-23-19-18(15)16-8-9-21(19,5)20(16,3)4;2*1-12(2)10-13-6-7-15(21-11-13)17-16-14-8-9-20(5,19(14,3)4)18(16)23-22-17;1-12(2)10-13-6-7-15(21-11-13)17(22)16-14-8-9-20(5,18(16)23)19(14,3)4;1-8(2)6-9-4-5-10(12-7-9)11(13)14-3;1-7(2)5-8-3-4-9(10(12)13)11-6-8;/h6-7,11,13,16H,8-10,12H2,1-5H3;2*6-7,11-12,14H,8-10H2,1-5H3;6-7,11-12,14,16H,8-10H2,1-5H3;4-5,7-8H,6H2,1-3H3;3-4,6-7H,5H2,1-2H3,(H,12,13);/q;2*-1;;;;+2. The minimum Gasteiger partial charge on any atom is -0.573 e. The SMILES string of the molecule is CC(C)Cc1ccc(-c2[n-]nc3c2C2CCC3(C)C2(C)C)nc1.CC(C)Cc1ccc(-c2[n-]nc3c2C2CCC3(C)C2(C)C)nc1.CC(C)Cc1ccc(C(=O)C2C(=O)C3(C)CCC2C3(C)C)nc1.CC(C)Cc1ccc(C(=O)O)nc1.CC(C)Cc1ccc(C2=C3C(=NC2)C2(C)CCC3C2(C)C)nc1.COC(=O)c1ccc(CC(C)C)cn1.[Pt+2]. The summed E-state index contributed by atoms with van der Waals surface area (Å²) in [5.41, 5.74) is 24.1. The number of Topliss-reactive ketones (excluding diaryl/α,β-unsaturated/α-hetero) is 2. The Morgan fingerprint density at radius 1 is 0.425 bits per heavy atom. The molecule has 17 nitrogen and oxygen atoms in total. The molecular formula is C102H135N11O6Pt. The van der Waals surface area contributed by atoms with Crippen LogP contribution >= 0.6 is 0 Å². The van der Waals surface area contributed by atoms with Gasteiger partial charge in [-0.25, -0.2) is 19.6 Å². The molecule has 8 aliphatic carbocycles. The summed E-state index contributed by atoms with van der Waals surface area (Å²) in [7, 11) is 1.35. The van der Waals surface area contributed by atoms with Gasteiger partial charge in [-0.3, -0.25) is 34.5 Å². The number of carbonyl (C=O) groups excluding carboxylic acids is 3. The first-order chi connectivity index (χ1) is 55.9. The van der Waals surface area contributed by atoms with Gasteiger partial charge in [-0.1, -0.05) is 214 Å². The number of ketones is 2. The fraction of sp³-hybridized carbons (Fsp3) is 0.578. The summed E-state index contributed by atoms with van der Waals surface area (Å²) < 4.78 is 4.56. The minimum atomic E-state index is -0.976. The molecule has 0 radical (unpaired) electrons. The smallest absolute Gasteiger partial charge is 0.573 e. The minimum absolute atomic E-state index is 0. The molecule has 8 aromatic heterocycles. The zero-order chi connectivity index (χ0) is 86.6. The number of aliphatic imine (C=N–C) groups is 1. The molecule has 18 heteroatoms. The number of carboxylic acid groups (broad SMARTS) is 1. The van der Waals surface area contributed by atoms with Gasteiger partial charge in [0.05, 0.1) is 25.3 Å². The van der Waals surface area contributed by atoms with Crippen molar-refractivity contribution in [2.45, 2.75) is 279 Å². The zero-order valence-electron chi connectivity index (χ0n) is 76.6. The van der Waals surface area contributed by atoms with E-state index >= 15 is 0 Å². The molecule has 6 fully saturated rings. The maximum absolute atomic E-state index is 12.9. The quantitative estimate of drug-likeness (QED) is 0.0449. The van der Waals surface area contributed by atoms with Gasteiger partial charge >= 0.3 is 33.0 Å². The van der Waals surface area contributed by atoms with Crippen molar-refractivity contribution in [1.82, 2.24) is 50.3 Å². The van der Waals surface area contributed by atoms with E-state index in [9.17, 15) is 19.2 Å². The van der Waals surface area contributed by atoms with Gasteiger partial charge in [0.1, 0.15) is 22.9 Å². The van der Waals surface area contributed by atoms with E-state index in [0.29, 0.717) is 70.1 Å². The van der Waals surface area contributed by atoms with Crippen LogP contribution in [0.5, 0.6) is 0 Å². The number of methoxy groups -OCH3 is 1. The van der Waals surface area contributed by atoms with Crippen LogP contribution in [0.15, 0.2) is 121 Å². The number of esters is 1. The predicted octanol–water partition coefficient (Wildman–Crippen LogP) is 22.0. The van der Waals surface area contributed by atoms with Gasteiger partial charge in [0, 0.05) is 92.9 Å². The molecule has 8 aromatic rings. The molecule has 644 valence electrons. The second kappa shape index (κ2) is 35.9. The van der Waals surface area contributed by atoms with Crippen molar-refractivity contribution < 1.29 is 50.1 Å². The number of rotatable bonds is 19. The summed E-state index contributed by atoms with van der Waals surface area (Å²) in [6.45, 7) is 55.1. The third kappa shape index (κ3) is 17.4. The molecule has 9 atom stereocenters. The van der Waals surface area contributed by atoms with Crippen LogP contribution in [0.2, 0.25) is 0 Å².